The Morgan fingerprint density at radius 3 is 2.76 bits per heavy atom. The van der Waals surface area contributed by atoms with Gasteiger partial charge in [0.15, 0.2) is 0 Å². The summed E-state index contributed by atoms with van der Waals surface area (Å²) < 4.78 is 44.1. The summed E-state index contributed by atoms with van der Waals surface area (Å²) >= 11 is 0. The molecule has 0 saturated heterocycles. The number of rotatable bonds is 2. The molecule has 0 aliphatic carbocycles. The van der Waals surface area contributed by atoms with Crippen LogP contribution in [0.15, 0.2) is 42.5 Å². The van der Waals surface area contributed by atoms with Gasteiger partial charge >= 0.3 is 12.1 Å². The minimum atomic E-state index is -4.45. The topological polar surface area (TPSA) is 74.4 Å². The van der Waals surface area contributed by atoms with E-state index < -0.39 is 23.9 Å². The van der Waals surface area contributed by atoms with Crippen LogP contribution >= 0.6 is 0 Å². The van der Waals surface area contributed by atoms with Gasteiger partial charge in [0.2, 0.25) is 0 Å². The maximum atomic E-state index is 13.2. The first-order valence-electron chi connectivity index (χ1n) is 8.83. The van der Waals surface area contributed by atoms with Crippen LogP contribution in [0.2, 0.25) is 0 Å². The van der Waals surface area contributed by atoms with Crippen molar-refractivity contribution in [2.24, 2.45) is 0 Å². The number of benzene rings is 2. The van der Waals surface area contributed by atoms with E-state index in [9.17, 15) is 23.1 Å². The number of alkyl halides is 3. The third-order valence-corrected chi connectivity index (χ3v) is 4.88. The van der Waals surface area contributed by atoms with E-state index in [2.05, 4.69) is 15.0 Å². The van der Waals surface area contributed by atoms with Gasteiger partial charge in [-0.25, -0.2) is 4.79 Å². The highest BCUT2D eigenvalue weighted by atomic mass is 19.4. The molecule has 0 spiro atoms. The number of carbonyl (C=O) groups excluding carboxylic acids is 1. The quantitative estimate of drug-likeness (QED) is 0.441. The first-order valence-corrected chi connectivity index (χ1v) is 8.83. The predicted octanol–water partition coefficient (Wildman–Crippen LogP) is 4.33. The Balaban J connectivity index is 1.89. The molecular formula is C21H17F3N2O3. The normalized spacial score (nSPS) is 16.2. The maximum Gasteiger partial charge on any atom is 0.416 e. The third-order valence-electron chi connectivity index (χ3n) is 4.88. The molecule has 1 aliphatic heterocycles. The minimum Gasteiger partial charge on any atom is -0.466 e. The lowest BCUT2D eigenvalue weighted by atomic mass is 10.00. The molecule has 4 rings (SSSR count). The van der Waals surface area contributed by atoms with Gasteiger partial charge < -0.3 is 20.1 Å². The molecule has 3 aromatic rings. The Kier molecular flexibility index (Phi) is 4.58. The number of hydrogen-bond acceptors (Lipinski definition) is 4. The highest BCUT2D eigenvalue weighted by molar-refractivity contribution is 5.95. The molecule has 2 aromatic carbocycles. The van der Waals surface area contributed by atoms with E-state index >= 15 is 0 Å². The number of anilines is 1. The van der Waals surface area contributed by atoms with Crippen molar-refractivity contribution in [3.63, 3.8) is 0 Å². The second-order valence-electron chi connectivity index (χ2n) is 6.76. The fourth-order valence-corrected chi connectivity index (χ4v) is 3.52. The molecule has 0 radical (unpaired) electrons. The van der Waals surface area contributed by atoms with E-state index in [0.717, 1.165) is 12.1 Å². The summed E-state index contributed by atoms with van der Waals surface area (Å²) in [7, 11) is 1.28. The number of nitrogens with one attached hydrogen (secondary N) is 2. The van der Waals surface area contributed by atoms with Crippen molar-refractivity contribution in [2.75, 3.05) is 12.4 Å². The van der Waals surface area contributed by atoms with Gasteiger partial charge in [-0.1, -0.05) is 6.07 Å². The maximum absolute atomic E-state index is 13.2. The average Bonchev–Trinajstić information content (AvgIpc) is 2.96. The number of ether oxygens (including phenoxy) is 1. The first-order chi connectivity index (χ1) is 13.8. The number of aromatic amines is 1. The number of carbonyl (C=O) groups is 1. The van der Waals surface area contributed by atoms with E-state index in [1.54, 1.807) is 24.3 Å². The number of esters is 1. The van der Waals surface area contributed by atoms with Crippen LogP contribution in [0.25, 0.3) is 28.2 Å². The molecule has 150 valence electrons. The summed E-state index contributed by atoms with van der Waals surface area (Å²) in [5.74, 6) is -0.500. The summed E-state index contributed by atoms with van der Waals surface area (Å²) in [5, 5.41) is 13.7. The van der Waals surface area contributed by atoms with Gasteiger partial charge in [0.05, 0.1) is 18.4 Å². The van der Waals surface area contributed by atoms with E-state index in [1.807, 2.05) is 0 Å². The lowest BCUT2D eigenvalue weighted by Crippen LogP contribution is -2.20. The fraction of sp³-hybridized carbons (Fsp3) is 0.190. The number of halogens is 3. The van der Waals surface area contributed by atoms with Gasteiger partial charge in [-0.15, -0.1) is 0 Å². The van der Waals surface area contributed by atoms with Crippen molar-refractivity contribution < 1.29 is 27.8 Å². The predicted molar refractivity (Wildman–Crippen MR) is 103 cm³/mol. The van der Waals surface area contributed by atoms with Crippen molar-refractivity contribution in [3.8, 4) is 11.3 Å². The lowest BCUT2D eigenvalue weighted by molar-refractivity contribution is -0.137. The number of H-pyrrole nitrogens is 1. The summed E-state index contributed by atoms with van der Waals surface area (Å²) in [6.45, 7) is 0. The molecule has 0 fully saturated rings. The molecule has 1 unspecified atom stereocenters. The Morgan fingerprint density at radius 1 is 1.24 bits per heavy atom. The number of fused-ring (bicyclic) bond motifs is 5. The molecule has 0 amide bonds. The van der Waals surface area contributed by atoms with Gasteiger partial charge in [-0.2, -0.15) is 13.2 Å². The zero-order valence-electron chi connectivity index (χ0n) is 15.3. The molecule has 1 aliphatic rings. The Hall–Kier alpha value is -3.26. The number of aliphatic hydroxyl groups is 1. The van der Waals surface area contributed by atoms with E-state index in [1.165, 1.54) is 19.3 Å². The zero-order chi connectivity index (χ0) is 20.8. The van der Waals surface area contributed by atoms with Crippen molar-refractivity contribution >= 4 is 28.6 Å². The average molecular weight is 402 g/mol. The van der Waals surface area contributed by atoms with E-state index in [0.29, 0.717) is 39.0 Å². The van der Waals surface area contributed by atoms with E-state index in [-0.39, 0.29) is 6.42 Å². The van der Waals surface area contributed by atoms with Crippen molar-refractivity contribution in [1.82, 2.24) is 4.98 Å². The van der Waals surface area contributed by atoms with Crippen LogP contribution in [0.4, 0.5) is 18.9 Å². The van der Waals surface area contributed by atoms with Gasteiger partial charge in [0, 0.05) is 34.7 Å². The third kappa shape index (κ3) is 3.58. The molecular weight excluding hydrogens is 385 g/mol. The van der Waals surface area contributed by atoms with Gasteiger partial charge in [0.25, 0.3) is 0 Å². The van der Waals surface area contributed by atoms with Crippen LogP contribution < -0.4 is 5.32 Å². The van der Waals surface area contributed by atoms with Gasteiger partial charge in [-0.3, -0.25) is 0 Å². The second-order valence-corrected chi connectivity index (χ2v) is 6.76. The highest BCUT2D eigenvalue weighted by Gasteiger charge is 2.32. The fourth-order valence-electron chi connectivity index (χ4n) is 3.52. The summed E-state index contributed by atoms with van der Waals surface area (Å²) in [6.07, 6.45) is -2.41. The van der Waals surface area contributed by atoms with E-state index in [4.69, 9.17) is 0 Å². The number of aliphatic hydroxyl groups excluding tert-OH is 1. The molecule has 0 bridgehead atoms. The van der Waals surface area contributed by atoms with Gasteiger partial charge in [-0.05, 0) is 47.5 Å². The minimum absolute atomic E-state index is 0.138. The molecule has 1 atom stereocenters. The number of aromatic nitrogens is 1. The molecule has 29 heavy (non-hydrogen) atoms. The van der Waals surface area contributed by atoms with Crippen molar-refractivity contribution in [3.05, 3.63) is 59.2 Å². The van der Waals surface area contributed by atoms with Crippen LogP contribution in [-0.4, -0.2) is 29.4 Å². The number of hydrogen-bond donors (Lipinski definition) is 3. The molecule has 3 N–H and O–H groups in total. The molecule has 5 nitrogen and oxygen atoms in total. The molecule has 8 heteroatoms. The monoisotopic (exact) mass is 402 g/mol. The molecule has 0 saturated carbocycles. The molecule has 2 heterocycles. The van der Waals surface area contributed by atoms with Crippen molar-refractivity contribution in [1.29, 1.82) is 0 Å². The van der Waals surface area contributed by atoms with Crippen LogP contribution in [0, 0.1) is 0 Å². The Labute approximate surface area is 163 Å². The largest absolute Gasteiger partial charge is 0.466 e. The van der Waals surface area contributed by atoms with Crippen LogP contribution in [0.1, 0.15) is 16.7 Å². The van der Waals surface area contributed by atoms with Crippen LogP contribution in [0.3, 0.4) is 0 Å². The van der Waals surface area contributed by atoms with Crippen LogP contribution in [-0.2, 0) is 22.1 Å². The standard InChI is InChI=1S/C21H17F3N2O3/c1-29-19(28)7-3-11-2-5-17-15(8-11)20-14(10-18(27)25-17)13-9-12(21(22,23)24)4-6-16(13)26-20/h2-9,18,25-27H,10H2,1H3. The van der Waals surface area contributed by atoms with Crippen LogP contribution in [0.5, 0.6) is 0 Å². The highest BCUT2D eigenvalue weighted by Crippen LogP contribution is 2.40. The first kappa shape index (κ1) is 19.1. The smallest absolute Gasteiger partial charge is 0.416 e. The number of methoxy groups -OCH3 is 1. The molecule has 1 aromatic heterocycles. The Morgan fingerprint density at radius 2 is 2.03 bits per heavy atom. The Bertz CT molecular complexity index is 1130. The zero-order valence-corrected chi connectivity index (χ0v) is 15.3. The second kappa shape index (κ2) is 6.97. The summed E-state index contributed by atoms with van der Waals surface area (Å²) in [5.41, 5.74) is 3.06. The summed E-state index contributed by atoms with van der Waals surface area (Å²) in [4.78, 5) is 14.5. The SMILES string of the molecule is COC(=O)C=Cc1ccc2c(c1)-c1[nH]c3ccc(C(F)(F)F)cc3c1CC(O)N2. The summed E-state index contributed by atoms with van der Waals surface area (Å²) in [6, 6.07) is 8.82. The van der Waals surface area contributed by atoms with Crippen molar-refractivity contribution in [2.45, 2.75) is 18.8 Å². The lowest BCUT2D eigenvalue weighted by Gasteiger charge is -2.13. The van der Waals surface area contributed by atoms with Gasteiger partial charge in [0.1, 0.15) is 6.23 Å².